The van der Waals surface area contributed by atoms with Crippen molar-refractivity contribution >= 4 is 16.6 Å². The third-order valence-corrected chi connectivity index (χ3v) is 3.73. The largest absolute Gasteiger partial charge is 0.399 e. The minimum atomic E-state index is 0.804. The van der Waals surface area contributed by atoms with E-state index in [9.17, 15) is 0 Å². The van der Waals surface area contributed by atoms with Crippen LogP contribution in [0, 0.1) is 0 Å². The van der Waals surface area contributed by atoms with E-state index in [4.69, 9.17) is 5.73 Å². The fourth-order valence-electron chi connectivity index (χ4n) is 2.54. The zero-order valence-corrected chi connectivity index (χ0v) is 11.8. The van der Waals surface area contributed by atoms with Crippen LogP contribution in [0.5, 0.6) is 0 Å². The summed E-state index contributed by atoms with van der Waals surface area (Å²) in [5.41, 5.74) is 11.5. The Bertz CT molecular complexity index is 708. The highest BCUT2D eigenvalue weighted by molar-refractivity contribution is 5.88. The number of H-pyrrole nitrogens is 1. The Hall–Kier alpha value is -2.22. The molecule has 3 rings (SSSR count). The molecule has 0 atom stereocenters. The maximum absolute atomic E-state index is 5.82. The molecule has 3 aromatic rings. The van der Waals surface area contributed by atoms with Crippen molar-refractivity contribution in [2.45, 2.75) is 26.2 Å². The smallest absolute Gasteiger partial charge is 0.0464 e. The van der Waals surface area contributed by atoms with Gasteiger partial charge in [0.25, 0.3) is 0 Å². The Morgan fingerprint density at radius 1 is 1.00 bits per heavy atom. The fraction of sp³-hybridized carbons (Fsp3) is 0.222. The van der Waals surface area contributed by atoms with Crippen molar-refractivity contribution in [3.05, 3.63) is 54.1 Å². The van der Waals surface area contributed by atoms with Gasteiger partial charge in [0.1, 0.15) is 0 Å². The summed E-state index contributed by atoms with van der Waals surface area (Å²) in [5, 5.41) is 1.16. The third-order valence-electron chi connectivity index (χ3n) is 3.73. The van der Waals surface area contributed by atoms with E-state index in [1.807, 2.05) is 18.2 Å². The van der Waals surface area contributed by atoms with E-state index in [1.54, 1.807) is 0 Å². The Morgan fingerprint density at radius 2 is 1.80 bits per heavy atom. The molecule has 0 bridgehead atoms. The Morgan fingerprint density at radius 3 is 2.55 bits per heavy atom. The predicted octanol–water partition coefficient (Wildman–Crippen LogP) is 4.76. The van der Waals surface area contributed by atoms with Crippen LogP contribution in [-0.2, 0) is 6.42 Å². The number of unbranched alkanes of at least 4 members (excludes halogenated alkanes) is 1. The van der Waals surface area contributed by atoms with E-state index >= 15 is 0 Å². The van der Waals surface area contributed by atoms with Gasteiger partial charge in [-0.1, -0.05) is 37.6 Å². The van der Waals surface area contributed by atoms with Gasteiger partial charge in [0, 0.05) is 22.3 Å². The Balaban J connectivity index is 1.90. The van der Waals surface area contributed by atoms with Gasteiger partial charge < -0.3 is 10.7 Å². The molecule has 2 aromatic carbocycles. The molecule has 0 unspecified atom stereocenters. The van der Waals surface area contributed by atoms with E-state index < -0.39 is 0 Å². The van der Waals surface area contributed by atoms with Crippen LogP contribution in [0.3, 0.4) is 0 Å². The first-order chi connectivity index (χ1) is 9.76. The molecule has 102 valence electrons. The number of anilines is 1. The van der Waals surface area contributed by atoms with Crippen molar-refractivity contribution in [3.8, 4) is 11.3 Å². The average Bonchev–Trinajstić information content (AvgIpc) is 2.88. The molecule has 1 aromatic heterocycles. The zero-order valence-electron chi connectivity index (χ0n) is 11.8. The number of benzene rings is 2. The molecule has 0 saturated heterocycles. The van der Waals surface area contributed by atoms with Gasteiger partial charge in [-0.2, -0.15) is 0 Å². The average molecular weight is 264 g/mol. The topological polar surface area (TPSA) is 41.8 Å². The highest BCUT2D eigenvalue weighted by atomic mass is 14.7. The molecular weight excluding hydrogens is 244 g/mol. The molecule has 0 aliphatic heterocycles. The number of hydrogen-bond donors (Lipinski definition) is 2. The first kappa shape index (κ1) is 12.8. The second-order valence-electron chi connectivity index (χ2n) is 5.33. The minimum absolute atomic E-state index is 0.804. The monoisotopic (exact) mass is 264 g/mol. The van der Waals surface area contributed by atoms with E-state index in [0.717, 1.165) is 22.3 Å². The van der Waals surface area contributed by atoms with Crippen molar-refractivity contribution in [2.24, 2.45) is 0 Å². The minimum Gasteiger partial charge on any atom is -0.399 e. The number of hydrogen-bond acceptors (Lipinski definition) is 1. The molecule has 0 spiro atoms. The molecule has 2 nitrogen and oxygen atoms in total. The summed E-state index contributed by atoms with van der Waals surface area (Å²) >= 11 is 0. The SMILES string of the molecule is CCCCc1ccc(-c2cc3cc(N)ccc3[nH]2)cc1. The number of rotatable bonds is 4. The summed E-state index contributed by atoms with van der Waals surface area (Å²) in [6.07, 6.45) is 3.66. The van der Waals surface area contributed by atoms with Gasteiger partial charge in [-0.05, 0) is 48.2 Å². The van der Waals surface area contributed by atoms with E-state index in [-0.39, 0.29) is 0 Å². The fourth-order valence-corrected chi connectivity index (χ4v) is 2.54. The van der Waals surface area contributed by atoms with Crippen LogP contribution in [0.15, 0.2) is 48.5 Å². The van der Waals surface area contributed by atoms with Crippen LogP contribution in [0.4, 0.5) is 5.69 Å². The van der Waals surface area contributed by atoms with Crippen LogP contribution in [-0.4, -0.2) is 4.98 Å². The van der Waals surface area contributed by atoms with Gasteiger partial charge >= 0.3 is 0 Å². The molecule has 0 fully saturated rings. The van der Waals surface area contributed by atoms with Crippen LogP contribution in [0.25, 0.3) is 22.2 Å². The van der Waals surface area contributed by atoms with E-state index in [1.165, 1.54) is 30.4 Å². The summed E-state index contributed by atoms with van der Waals surface area (Å²) in [6.45, 7) is 2.23. The number of nitrogens with two attached hydrogens (primary N) is 1. The number of nitrogens with one attached hydrogen (secondary N) is 1. The molecule has 1 heterocycles. The number of fused-ring (bicyclic) bond motifs is 1. The molecule has 0 saturated carbocycles. The van der Waals surface area contributed by atoms with Crippen molar-refractivity contribution in [3.63, 3.8) is 0 Å². The summed E-state index contributed by atoms with van der Waals surface area (Å²) in [7, 11) is 0. The Kier molecular flexibility index (Phi) is 3.46. The van der Waals surface area contributed by atoms with E-state index in [2.05, 4.69) is 42.2 Å². The zero-order chi connectivity index (χ0) is 13.9. The molecule has 3 N–H and O–H groups in total. The highest BCUT2D eigenvalue weighted by Gasteiger charge is 2.03. The lowest BCUT2D eigenvalue weighted by molar-refractivity contribution is 0.795. The van der Waals surface area contributed by atoms with Gasteiger partial charge in [-0.15, -0.1) is 0 Å². The van der Waals surface area contributed by atoms with Crippen molar-refractivity contribution in [1.29, 1.82) is 0 Å². The van der Waals surface area contributed by atoms with Gasteiger partial charge in [-0.3, -0.25) is 0 Å². The molecule has 0 aliphatic rings. The molecule has 0 radical (unpaired) electrons. The summed E-state index contributed by atoms with van der Waals surface area (Å²) < 4.78 is 0. The quantitative estimate of drug-likeness (QED) is 0.655. The van der Waals surface area contributed by atoms with Crippen LogP contribution >= 0.6 is 0 Å². The first-order valence-electron chi connectivity index (χ1n) is 7.24. The van der Waals surface area contributed by atoms with Crippen LogP contribution < -0.4 is 5.73 Å². The number of aromatic nitrogens is 1. The maximum Gasteiger partial charge on any atom is 0.0464 e. The molecule has 0 aliphatic carbocycles. The lowest BCUT2D eigenvalue weighted by atomic mass is 10.0. The molecular formula is C18H20N2. The van der Waals surface area contributed by atoms with Crippen LogP contribution in [0.2, 0.25) is 0 Å². The van der Waals surface area contributed by atoms with Crippen molar-refractivity contribution < 1.29 is 0 Å². The lowest BCUT2D eigenvalue weighted by Gasteiger charge is -2.02. The molecule has 2 heteroatoms. The summed E-state index contributed by atoms with van der Waals surface area (Å²) in [4.78, 5) is 3.45. The van der Waals surface area contributed by atoms with Gasteiger partial charge in [0.15, 0.2) is 0 Å². The summed E-state index contributed by atoms with van der Waals surface area (Å²) in [5.74, 6) is 0. The molecule has 0 amide bonds. The number of aryl methyl sites for hydroxylation is 1. The van der Waals surface area contributed by atoms with Gasteiger partial charge in [0.05, 0.1) is 0 Å². The third kappa shape index (κ3) is 2.55. The second-order valence-corrected chi connectivity index (χ2v) is 5.33. The van der Waals surface area contributed by atoms with Crippen molar-refractivity contribution in [2.75, 3.05) is 5.73 Å². The normalized spacial score (nSPS) is 11.1. The van der Waals surface area contributed by atoms with E-state index in [0.29, 0.717) is 0 Å². The highest BCUT2D eigenvalue weighted by Crippen LogP contribution is 2.26. The standard InChI is InChI=1S/C18H20N2/c1-2-3-4-13-5-7-14(8-6-13)18-12-15-11-16(19)9-10-17(15)20-18/h5-12,20H,2-4,19H2,1H3. The van der Waals surface area contributed by atoms with Crippen LogP contribution in [0.1, 0.15) is 25.3 Å². The molecule has 20 heavy (non-hydrogen) atoms. The number of aromatic amines is 1. The maximum atomic E-state index is 5.82. The van der Waals surface area contributed by atoms with Crippen molar-refractivity contribution in [1.82, 2.24) is 4.98 Å². The second kappa shape index (κ2) is 5.41. The Labute approximate surface area is 119 Å². The number of nitrogen functional groups attached to an aromatic ring is 1. The van der Waals surface area contributed by atoms with Gasteiger partial charge in [0.2, 0.25) is 0 Å². The lowest BCUT2D eigenvalue weighted by Crippen LogP contribution is -1.85. The summed E-state index contributed by atoms with van der Waals surface area (Å²) in [6, 6.07) is 17.0. The first-order valence-corrected chi connectivity index (χ1v) is 7.24. The van der Waals surface area contributed by atoms with Gasteiger partial charge in [-0.25, -0.2) is 0 Å². The predicted molar refractivity (Wildman–Crippen MR) is 86.8 cm³/mol.